The average molecular weight is 244 g/mol. The fourth-order valence-corrected chi connectivity index (χ4v) is 1.94. The van der Waals surface area contributed by atoms with Crippen LogP contribution < -0.4 is 5.32 Å². The van der Waals surface area contributed by atoms with Crippen LogP contribution in [-0.4, -0.2) is 13.1 Å². The minimum absolute atomic E-state index is 0.189. The zero-order chi connectivity index (χ0) is 12.1. The second kappa shape index (κ2) is 6.21. The van der Waals surface area contributed by atoms with Gasteiger partial charge in [0, 0.05) is 6.04 Å². The minimum atomic E-state index is -0.335. The van der Waals surface area contributed by atoms with Crippen LogP contribution >= 0.6 is 11.6 Å². The molecule has 1 unspecified atom stereocenters. The molecule has 1 rings (SSSR count). The molecule has 0 aliphatic carbocycles. The van der Waals surface area contributed by atoms with Crippen molar-refractivity contribution in [2.24, 2.45) is 5.92 Å². The van der Waals surface area contributed by atoms with Crippen molar-refractivity contribution in [3.8, 4) is 0 Å². The van der Waals surface area contributed by atoms with E-state index in [2.05, 4.69) is 19.2 Å². The maximum atomic E-state index is 13.2. The van der Waals surface area contributed by atoms with Gasteiger partial charge in [-0.1, -0.05) is 31.5 Å². The van der Waals surface area contributed by atoms with Crippen molar-refractivity contribution in [1.29, 1.82) is 0 Å². The molecule has 1 nitrogen and oxygen atoms in total. The van der Waals surface area contributed by atoms with Crippen LogP contribution in [0.5, 0.6) is 0 Å². The number of hydrogen-bond acceptors (Lipinski definition) is 1. The zero-order valence-electron chi connectivity index (χ0n) is 10.1. The first-order valence-corrected chi connectivity index (χ1v) is 6.02. The van der Waals surface area contributed by atoms with Crippen LogP contribution in [0, 0.1) is 11.7 Å². The summed E-state index contributed by atoms with van der Waals surface area (Å²) in [5, 5.41) is 3.45. The third-order valence-electron chi connectivity index (χ3n) is 2.63. The van der Waals surface area contributed by atoms with Gasteiger partial charge < -0.3 is 5.32 Å². The van der Waals surface area contributed by atoms with Gasteiger partial charge in [0.15, 0.2) is 0 Å². The maximum absolute atomic E-state index is 13.2. The minimum Gasteiger partial charge on any atom is -0.317 e. The molecule has 0 bridgehead atoms. The van der Waals surface area contributed by atoms with Gasteiger partial charge in [0.25, 0.3) is 0 Å². The van der Waals surface area contributed by atoms with E-state index in [1.54, 1.807) is 6.07 Å². The normalized spacial score (nSPS) is 13.1. The molecule has 1 atom stereocenters. The van der Waals surface area contributed by atoms with E-state index < -0.39 is 0 Å². The van der Waals surface area contributed by atoms with Gasteiger partial charge in [-0.15, -0.1) is 0 Å². The molecular formula is C13H19ClFN. The maximum Gasteiger partial charge on any atom is 0.142 e. The Hall–Kier alpha value is -0.600. The molecular weight excluding hydrogens is 225 g/mol. The van der Waals surface area contributed by atoms with Crippen LogP contribution in [0.25, 0.3) is 0 Å². The molecule has 0 spiro atoms. The summed E-state index contributed by atoms with van der Waals surface area (Å²) in [6.45, 7) is 4.37. The van der Waals surface area contributed by atoms with Crippen molar-refractivity contribution < 1.29 is 4.39 Å². The zero-order valence-corrected chi connectivity index (χ0v) is 10.8. The molecule has 1 N–H and O–H groups in total. The Kier molecular flexibility index (Phi) is 5.23. The average Bonchev–Trinajstić information content (AvgIpc) is 2.22. The van der Waals surface area contributed by atoms with Crippen molar-refractivity contribution in [3.05, 3.63) is 34.6 Å². The van der Waals surface area contributed by atoms with Gasteiger partial charge in [-0.05, 0) is 43.5 Å². The Balaban J connectivity index is 2.66. The molecule has 0 amide bonds. The highest BCUT2D eigenvalue weighted by molar-refractivity contribution is 6.30. The van der Waals surface area contributed by atoms with Gasteiger partial charge in [0.1, 0.15) is 5.82 Å². The standard InChI is InChI=1S/C13H19ClFN/c1-9(2)6-11(16-3)7-10-4-5-12(14)13(15)8-10/h4-5,8-9,11,16H,6-7H2,1-3H3. The molecule has 0 fully saturated rings. The molecule has 0 radical (unpaired) electrons. The van der Waals surface area contributed by atoms with Crippen molar-refractivity contribution in [2.75, 3.05) is 7.05 Å². The van der Waals surface area contributed by atoms with Crippen molar-refractivity contribution in [2.45, 2.75) is 32.7 Å². The summed E-state index contributed by atoms with van der Waals surface area (Å²) < 4.78 is 13.2. The molecule has 0 aliphatic heterocycles. The molecule has 0 heterocycles. The van der Waals surface area contributed by atoms with Crippen molar-refractivity contribution >= 4 is 11.6 Å². The molecule has 3 heteroatoms. The summed E-state index contributed by atoms with van der Waals surface area (Å²) in [5.74, 6) is 0.299. The van der Waals surface area contributed by atoms with Crippen molar-refractivity contribution in [1.82, 2.24) is 5.32 Å². The van der Waals surface area contributed by atoms with E-state index in [1.165, 1.54) is 6.07 Å². The second-order valence-electron chi connectivity index (χ2n) is 4.57. The predicted octanol–water partition coefficient (Wildman–Crippen LogP) is 3.66. The van der Waals surface area contributed by atoms with E-state index in [0.717, 1.165) is 18.4 Å². The molecule has 0 aromatic heterocycles. The number of hydrogen-bond donors (Lipinski definition) is 1. The first-order valence-electron chi connectivity index (χ1n) is 5.64. The molecule has 0 aliphatic rings. The molecule has 0 saturated carbocycles. The summed E-state index contributed by atoms with van der Waals surface area (Å²) in [7, 11) is 1.94. The van der Waals surface area contributed by atoms with Crippen LogP contribution in [0.15, 0.2) is 18.2 Å². The van der Waals surface area contributed by atoms with E-state index in [9.17, 15) is 4.39 Å². The fraction of sp³-hybridized carbons (Fsp3) is 0.538. The second-order valence-corrected chi connectivity index (χ2v) is 4.97. The summed E-state index contributed by atoms with van der Waals surface area (Å²) in [6.07, 6.45) is 1.92. The van der Waals surface area contributed by atoms with E-state index >= 15 is 0 Å². The van der Waals surface area contributed by atoms with Crippen molar-refractivity contribution in [3.63, 3.8) is 0 Å². The third kappa shape index (κ3) is 4.11. The smallest absolute Gasteiger partial charge is 0.142 e. The van der Waals surface area contributed by atoms with E-state index in [4.69, 9.17) is 11.6 Å². The van der Waals surface area contributed by atoms with Gasteiger partial charge in [-0.2, -0.15) is 0 Å². The van der Waals surface area contributed by atoms with Crippen LogP contribution in [-0.2, 0) is 6.42 Å². The molecule has 90 valence electrons. The number of benzene rings is 1. The number of rotatable bonds is 5. The lowest BCUT2D eigenvalue weighted by atomic mass is 9.97. The number of likely N-dealkylation sites (N-methyl/N-ethyl adjacent to an activating group) is 1. The SMILES string of the molecule is CNC(Cc1ccc(Cl)c(F)c1)CC(C)C. The van der Waals surface area contributed by atoms with Gasteiger partial charge in [-0.25, -0.2) is 4.39 Å². The Morgan fingerprint density at radius 2 is 2.06 bits per heavy atom. The van der Waals surface area contributed by atoms with E-state index in [1.807, 2.05) is 13.1 Å². The molecule has 16 heavy (non-hydrogen) atoms. The Morgan fingerprint density at radius 1 is 1.38 bits per heavy atom. The molecule has 1 aromatic rings. The van der Waals surface area contributed by atoms with E-state index in [-0.39, 0.29) is 10.8 Å². The topological polar surface area (TPSA) is 12.0 Å². The summed E-state index contributed by atoms with van der Waals surface area (Å²) >= 11 is 5.64. The number of nitrogens with one attached hydrogen (secondary N) is 1. The monoisotopic (exact) mass is 243 g/mol. The lowest BCUT2D eigenvalue weighted by Gasteiger charge is -2.18. The lowest BCUT2D eigenvalue weighted by Crippen LogP contribution is -2.29. The molecule has 0 saturated heterocycles. The van der Waals surface area contributed by atoms with E-state index in [0.29, 0.717) is 12.0 Å². The first-order chi connectivity index (χ1) is 7.52. The van der Waals surface area contributed by atoms with Crippen LogP contribution in [0.1, 0.15) is 25.8 Å². The Morgan fingerprint density at radius 3 is 2.56 bits per heavy atom. The molecule has 1 aromatic carbocycles. The Labute approximate surface area is 102 Å². The highest BCUT2D eigenvalue weighted by Gasteiger charge is 2.10. The number of halogens is 2. The van der Waals surface area contributed by atoms with Crippen LogP contribution in [0.4, 0.5) is 4.39 Å². The quantitative estimate of drug-likeness (QED) is 0.832. The summed E-state index contributed by atoms with van der Waals surface area (Å²) in [4.78, 5) is 0. The highest BCUT2D eigenvalue weighted by Crippen LogP contribution is 2.18. The highest BCUT2D eigenvalue weighted by atomic mass is 35.5. The predicted molar refractivity (Wildman–Crippen MR) is 67.4 cm³/mol. The fourth-order valence-electron chi connectivity index (χ4n) is 1.82. The Bertz CT molecular complexity index is 339. The summed E-state index contributed by atoms with van der Waals surface area (Å²) in [5.41, 5.74) is 0.988. The van der Waals surface area contributed by atoms with Gasteiger partial charge >= 0.3 is 0 Å². The van der Waals surface area contributed by atoms with Gasteiger partial charge in [0.2, 0.25) is 0 Å². The summed E-state index contributed by atoms with van der Waals surface area (Å²) in [6, 6.07) is 5.41. The third-order valence-corrected chi connectivity index (χ3v) is 2.94. The largest absolute Gasteiger partial charge is 0.317 e. The lowest BCUT2D eigenvalue weighted by molar-refractivity contribution is 0.440. The van der Waals surface area contributed by atoms with Crippen LogP contribution in [0.3, 0.4) is 0 Å². The first kappa shape index (κ1) is 13.5. The van der Waals surface area contributed by atoms with Gasteiger partial charge in [-0.3, -0.25) is 0 Å². The van der Waals surface area contributed by atoms with Gasteiger partial charge in [0.05, 0.1) is 5.02 Å². The van der Waals surface area contributed by atoms with Crippen LogP contribution in [0.2, 0.25) is 5.02 Å².